The number of aliphatic hydroxyl groups is 1. The summed E-state index contributed by atoms with van der Waals surface area (Å²) in [7, 11) is 1.55. The van der Waals surface area contributed by atoms with Gasteiger partial charge in [0.15, 0.2) is 0 Å². The lowest BCUT2D eigenvalue weighted by atomic mass is 10.0. The molecule has 0 fully saturated rings. The maximum atomic E-state index is 9.55. The third kappa shape index (κ3) is 3.83. The van der Waals surface area contributed by atoms with Crippen molar-refractivity contribution in [2.45, 2.75) is 25.9 Å². The van der Waals surface area contributed by atoms with Crippen LogP contribution in [0.2, 0.25) is 0 Å². The van der Waals surface area contributed by atoms with E-state index < -0.39 is 6.10 Å². The summed E-state index contributed by atoms with van der Waals surface area (Å²) in [6, 6.07) is 0. The molecule has 17 heavy (non-hydrogen) atoms. The highest BCUT2D eigenvalue weighted by atomic mass is 16.5. The summed E-state index contributed by atoms with van der Waals surface area (Å²) in [6.45, 7) is 4.69. The van der Waals surface area contributed by atoms with Crippen LogP contribution in [0.25, 0.3) is 0 Å². The quantitative estimate of drug-likeness (QED) is 0.674. The van der Waals surface area contributed by atoms with Crippen molar-refractivity contribution in [3.63, 3.8) is 0 Å². The number of aromatic nitrogens is 2. The number of anilines is 2. The first kappa shape index (κ1) is 13.7. The van der Waals surface area contributed by atoms with Crippen molar-refractivity contribution in [3.05, 3.63) is 11.9 Å². The van der Waals surface area contributed by atoms with E-state index in [4.69, 9.17) is 10.5 Å². The second-order valence-electron chi connectivity index (χ2n) is 4.17. The van der Waals surface area contributed by atoms with Gasteiger partial charge in [-0.15, -0.1) is 0 Å². The van der Waals surface area contributed by atoms with E-state index >= 15 is 0 Å². The smallest absolute Gasteiger partial charge is 0.135 e. The number of hydrogen-bond acceptors (Lipinski definition) is 6. The summed E-state index contributed by atoms with van der Waals surface area (Å²) in [5.74, 6) is 1.36. The number of nitrogen functional groups attached to an aromatic ring is 1. The summed E-state index contributed by atoms with van der Waals surface area (Å²) >= 11 is 0. The van der Waals surface area contributed by atoms with Crippen molar-refractivity contribution < 1.29 is 9.84 Å². The Kier molecular flexibility index (Phi) is 5.11. The minimum absolute atomic E-state index is 0.221. The number of nitrogens with two attached hydrogens (primary N) is 1. The van der Waals surface area contributed by atoms with Crippen molar-refractivity contribution in [2.24, 2.45) is 0 Å². The Hall–Kier alpha value is -1.40. The Morgan fingerprint density at radius 2 is 2.18 bits per heavy atom. The van der Waals surface area contributed by atoms with E-state index in [2.05, 4.69) is 15.3 Å². The van der Waals surface area contributed by atoms with Gasteiger partial charge in [-0.25, -0.2) is 9.97 Å². The van der Waals surface area contributed by atoms with Gasteiger partial charge in [0, 0.05) is 19.2 Å². The molecule has 4 N–H and O–H groups in total. The monoisotopic (exact) mass is 240 g/mol. The molecular weight excluding hydrogens is 220 g/mol. The summed E-state index contributed by atoms with van der Waals surface area (Å²) in [4.78, 5) is 8.10. The van der Waals surface area contributed by atoms with Crippen molar-refractivity contribution >= 4 is 11.6 Å². The Bertz CT molecular complexity index is 357. The fourth-order valence-electron chi connectivity index (χ4n) is 1.59. The second-order valence-corrected chi connectivity index (χ2v) is 4.17. The SMILES string of the molecule is COCC(O)CNc1ncnc(N)c1C(C)C. The van der Waals surface area contributed by atoms with E-state index in [9.17, 15) is 5.11 Å². The van der Waals surface area contributed by atoms with Crippen molar-refractivity contribution in [2.75, 3.05) is 31.3 Å². The molecule has 0 aromatic carbocycles. The summed E-state index contributed by atoms with van der Waals surface area (Å²) < 4.78 is 4.85. The zero-order valence-corrected chi connectivity index (χ0v) is 10.5. The zero-order chi connectivity index (χ0) is 12.8. The van der Waals surface area contributed by atoms with Gasteiger partial charge in [-0.2, -0.15) is 0 Å². The number of nitrogens with zero attached hydrogens (tertiary/aromatic N) is 2. The summed E-state index contributed by atoms with van der Waals surface area (Å²) in [6.07, 6.45) is 0.836. The van der Waals surface area contributed by atoms with Crippen molar-refractivity contribution in [3.8, 4) is 0 Å². The van der Waals surface area contributed by atoms with E-state index in [0.717, 1.165) is 5.56 Å². The molecule has 0 aliphatic heterocycles. The van der Waals surface area contributed by atoms with E-state index in [1.165, 1.54) is 6.33 Å². The first-order chi connectivity index (χ1) is 8.06. The van der Waals surface area contributed by atoms with Crippen LogP contribution in [0.15, 0.2) is 6.33 Å². The molecule has 1 atom stereocenters. The zero-order valence-electron chi connectivity index (χ0n) is 10.5. The Morgan fingerprint density at radius 1 is 1.47 bits per heavy atom. The highest BCUT2D eigenvalue weighted by Crippen LogP contribution is 2.25. The number of ether oxygens (including phenoxy) is 1. The number of nitrogens with one attached hydrogen (secondary N) is 1. The predicted molar refractivity (Wildman–Crippen MR) is 66.9 cm³/mol. The predicted octanol–water partition coefficient (Wildman–Crippen LogP) is 0.601. The average Bonchev–Trinajstić information content (AvgIpc) is 2.26. The van der Waals surface area contributed by atoms with Crippen LogP contribution in [-0.4, -0.2) is 41.4 Å². The van der Waals surface area contributed by atoms with Crippen LogP contribution in [0.1, 0.15) is 25.3 Å². The van der Waals surface area contributed by atoms with E-state index in [-0.39, 0.29) is 12.5 Å². The molecular formula is C11H20N4O2. The van der Waals surface area contributed by atoms with Crippen LogP contribution in [0.5, 0.6) is 0 Å². The van der Waals surface area contributed by atoms with Gasteiger partial charge in [-0.05, 0) is 5.92 Å². The molecule has 1 rings (SSSR count). The topological polar surface area (TPSA) is 93.3 Å². The number of hydrogen-bond donors (Lipinski definition) is 3. The molecule has 1 heterocycles. The molecule has 6 nitrogen and oxygen atoms in total. The number of rotatable bonds is 6. The molecule has 0 bridgehead atoms. The van der Waals surface area contributed by atoms with E-state index in [0.29, 0.717) is 18.2 Å². The molecule has 1 aromatic rings. The lowest BCUT2D eigenvalue weighted by Gasteiger charge is -2.16. The van der Waals surface area contributed by atoms with E-state index in [1.807, 2.05) is 13.8 Å². The van der Waals surface area contributed by atoms with Crippen LogP contribution in [0.4, 0.5) is 11.6 Å². The minimum atomic E-state index is -0.573. The molecule has 0 spiro atoms. The molecule has 96 valence electrons. The first-order valence-electron chi connectivity index (χ1n) is 5.57. The molecule has 1 unspecified atom stereocenters. The number of methoxy groups -OCH3 is 1. The van der Waals surface area contributed by atoms with Gasteiger partial charge >= 0.3 is 0 Å². The lowest BCUT2D eigenvalue weighted by Crippen LogP contribution is -2.25. The molecule has 1 aromatic heterocycles. The van der Waals surface area contributed by atoms with Crippen LogP contribution >= 0.6 is 0 Å². The fourth-order valence-corrected chi connectivity index (χ4v) is 1.59. The molecule has 0 radical (unpaired) electrons. The van der Waals surface area contributed by atoms with Gasteiger partial charge in [-0.3, -0.25) is 0 Å². The minimum Gasteiger partial charge on any atom is -0.389 e. The molecule has 0 aliphatic carbocycles. The average molecular weight is 240 g/mol. The van der Waals surface area contributed by atoms with Gasteiger partial charge in [-0.1, -0.05) is 13.8 Å². The molecule has 0 saturated carbocycles. The first-order valence-corrected chi connectivity index (χ1v) is 5.57. The highest BCUT2D eigenvalue weighted by Gasteiger charge is 2.13. The Morgan fingerprint density at radius 3 is 2.76 bits per heavy atom. The maximum absolute atomic E-state index is 9.55. The van der Waals surface area contributed by atoms with Gasteiger partial charge in [0.25, 0.3) is 0 Å². The van der Waals surface area contributed by atoms with Gasteiger partial charge < -0.3 is 20.9 Å². The van der Waals surface area contributed by atoms with Crippen LogP contribution in [0.3, 0.4) is 0 Å². The van der Waals surface area contributed by atoms with Gasteiger partial charge in [0.05, 0.1) is 12.7 Å². The second kappa shape index (κ2) is 6.36. The van der Waals surface area contributed by atoms with Crippen molar-refractivity contribution in [1.82, 2.24) is 9.97 Å². The third-order valence-electron chi connectivity index (χ3n) is 2.36. The normalized spacial score (nSPS) is 12.8. The third-order valence-corrected chi connectivity index (χ3v) is 2.36. The standard InChI is InChI=1S/C11H20N4O2/c1-7(2)9-10(12)14-6-15-11(9)13-4-8(16)5-17-3/h6-8,16H,4-5H2,1-3H3,(H3,12,13,14,15). The number of aliphatic hydroxyl groups excluding tert-OH is 1. The van der Waals surface area contributed by atoms with Crippen LogP contribution in [-0.2, 0) is 4.74 Å². The molecule has 0 aliphatic rings. The summed E-state index contributed by atoms with van der Waals surface area (Å²) in [5, 5.41) is 12.6. The Labute approximate surface area is 101 Å². The van der Waals surface area contributed by atoms with Gasteiger partial charge in [0.1, 0.15) is 18.0 Å². The van der Waals surface area contributed by atoms with Gasteiger partial charge in [0.2, 0.25) is 0 Å². The molecule has 6 heteroatoms. The fraction of sp³-hybridized carbons (Fsp3) is 0.636. The molecule has 0 saturated heterocycles. The van der Waals surface area contributed by atoms with Crippen LogP contribution in [0, 0.1) is 0 Å². The lowest BCUT2D eigenvalue weighted by molar-refractivity contribution is 0.0727. The largest absolute Gasteiger partial charge is 0.389 e. The Balaban J connectivity index is 2.73. The maximum Gasteiger partial charge on any atom is 0.135 e. The van der Waals surface area contributed by atoms with Crippen LogP contribution < -0.4 is 11.1 Å². The van der Waals surface area contributed by atoms with Crippen molar-refractivity contribution in [1.29, 1.82) is 0 Å². The molecule has 0 amide bonds. The van der Waals surface area contributed by atoms with E-state index in [1.54, 1.807) is 7.11 Å². The summed E-state index contributed by atoms with van der Waals surface area (Å²) in [5.41, 5.74) is 6.68. The highest BCUT2D eigenvalue weighted by molar-refractivity contribution is 5.56.